The molecule has 2 aromatic rings. The zero-order chi connectivity index (χ0) is 13.8. The molecular weight excluding hydrogens is 263 g/mol. The summed E-state index contributed by atoms with van der Waals surface area (Å²) in [6.45, 7) is 4.46. The van der Waals surface area contributed by atoms with Gasteiger partial charge in [0.25, 0.3) is 0 Å². The molecular formula is C14H17FN2OS. The normalized spacial score (nSPS) is 12.4. The predicted molar refractivity (Wildman–Crippen MR) is 75.1 cm³/mol. The maximum absolute atomic E-state index is 13.8. The third-order valence-corrected chi connectivity index (χ3v) is 4.01. The Morgan fingerprint density at radius 2 is 2.26 bits per heavy atom. The Kier molecular flexibility index (Phi) is 4.50. The molecule has 0 fully saturated rings. The highest BCUT2D eigenvalue weighted by Gasteiger charge is 2.10. The fourth-order valence-corrected chi connectivity index (χ4v) is 2.55. The van der Waals surface area contributed by atoms with Gasteiger partial charge >= 0.3 is 0 Å². The smallest absolute Gasteiger partial charge is 0.131 e. The van der Waals surface area contributed by atoms with E-state index >= 15 is 0 Å². The summed E-state index contributed by atoms with van der Waals surface area (Å²) in [5.41, 5.74) is 1.64. The number of ether oxygens (including phenoxy) is 1. The molecule has 1 atom stereocenters. The maximum atomic E-state index is 13.8. The van der Waals surface area contributed by atoms with E-state index in [2.05, 4.69) is 10.3 Å². The second kappa shape index (κ2) is 6.12. The summed E-state index contributed by atoms with van der Waals surface area (Å²) in [4.78, 5) is 4.41. The highest BCUT2D eigenvalue weighted by Crippen LogP contribution is 2.20. The van der Waals surface area contributed by atoms with Crippen molar-refractivity contribution in [3.63, 3.8) is 0 Å². The standard InChI is InChI=1S/C14H17FN2OS/c1-9-8-19-14(17-9)10(2)16-7-11-4-5-12(18-3)6-13(11)15/h4-6,8,10,16H,7H2,1-3H3. The minimum atomic E-state index is -0.255. The number of methoxy groups -OCH3 is 1. The molecule has 0 aliphatic carbocycles. The molecule has 1 unspecified atom stereocenters. The lowest BCUT2D eigenvalue weighted by atomic mass is 10.2. The number of rotatable bonds is 5. The molecule has 3 nitrogen and oxygen atoms in total. The second-order valence-electron chi connectivity index (χ2n) is 4.39. The lowest BCUT2D eigenvalue weighted by molar-refractivity contribution is 0.410. The van der Waals surface area contributed by atoms with E-state index in [4.69, 9.17) is 4.74 Å². The number of aromatic nitrogens is 1. The third kappa shape index (κ3) is 3.52. The van der Waals surface area contributed by atoms with Crippen LogP contribution in [0.2, 0.25) is 0 Å². The maximum Gasteiger partial charge on any atom is 0.131 e. The van der Waals surface area contributed by atoms with Crippen molar-refractivity contribution in [1.82, 2.24) is 10.3 Å². The van der Waals surface area contributed by atoms with Crippen LogP contribution in [0.25, 0.3) is 0 Å². The van der Waals surface area contributed by atoms with Gasteiger partial charge in [-0.15, -0.1) is 11.3 Å². The molecule has 1 aromatic heterocycles. The number of thiazole rings is 1. The molecule has 102 valence electrons. The van der Waals surface area contributed by atoms with Crippen molar-refractivity contribution < 1.29 is 9.13 Å². The summed E-state index contributed by atoms with van der Waals surface area (Å²) in [7, 11) is 1.53. The van der Waals surface area contributed by atoms with Gasteiger partial charge in [-0.3, -0.25) is 0 Å². The zero-order valence-corrected chi connectivity index (χ0v) is 12.1. The third-order valence-electron chi connectivity index (χ3n) is 2.87. The van der Waals surface area contributed by atoms with Crippen LogP contribution in [-0.4, -0.2) is 12.1 Å². The molecule has 1 aromatic carbocycles. The molecule has 0 saturated carbocycles. The summed E-state index contributed by atoms with van der Waals surface area (Å²) >= 11 is 1.62. The first-order valence-corrected chi connectivity index (χ1v) is 6.96. The van der Waals surface area contributed by atoms with Crippen LogP contribution in [0.4, 0.5) is 4.39 Å². The van der Waals surface area contributed by atoms with Gasteiger partial charge in [-0.05, 0) is 19.9 Å². The minimum absolute atomic E-state index is 0.111. The number of aryl methyl sites for hydroxylation is 1. The lowest BCUT2D eigenvalue weighted by Crippen LogP contribution is -2.18. The summed E-state index contributed by atoms with van der Waals surface area (Å²) in [6, 6.07) is 5.01. The van der Waals surface area contributed by atoms with Gasteiger partial charge in [0, 0.05) is 29.2 Å². The Hall–Kier alpha value is -1.46. The van der Waals surface area contributed by atoms with Crippen LogP contribution in [0, 0.1) is 12.7 Å². The van der Waals surface area contributed by atoms with E-state index in [9.17, 15) is 4.39 Å². The Morgan fingerprint density at radius 3 is 2.84 bits per heavy atom. The van der Waals surface area contributed by atoms with Gasteiger partial charge in [0.15, 0.2) is 0 Å². The zero-order valence-electron chi connectivity index (χ0n) is 11.2. The molecule has 2 rings (SSSR count). The van der Waals surface area contributed by atoms with Crippen molar-refractivity contribution in [3.8, 4) is 5.75 Å². The van der Waals surface area contributed by atoms with E-state index in [0.29, 0.717) is 17.9 Å². The molecule has 0 aliphatic heterocycles. The van der Waals surface area contributed by atoms with Crippen LogP contribution in [0.3, 0.4) is 0 Å². The van der Waals surface area contributed by atoms with Gasteiger partial charge < -0.3 is 10.1 Å². The van der Waals surface area contributed by atoms with Gasteiger partial charge in [-0.1, -0.05) is 6.07 Å². The highest BCUT2D eigenvalue weighted by atomic mass is 32.1. The van der Waals surface area contributed by atoms with Gasteiger partial charge in [-0.25, -0.2) is 9.37 Å². The Morgan fingerprint density at radius 1 is 1.47 bits per heavy atom. The van der Waals surface area contributed by atoms with E-state index in [1.54, 1.807) is 23.5 Å². The number of hydrogen-bond acceptors (Lipinski definition) is 4. The highest BCUT2D eigenvalue weighted by molar-refractivity contribution is 7.09. The fraction of sp³-hybridized carbons (Fsp3) is 0.357. The number of nitrogens with one attached hydrogen (secondary N) is 1. The molecule has 0 radical (unpaired) electrons. The summed E-state index contributed by atoms with van der Waals surface area (Å²) < 4.78 is 18.7. The number of nitrogens with zero attached hydrogens (tertiary/aromatic N) is 1. The first kappa shape index (κ1) is 14.0. The molecule has 1 heterocycles. The molecule has 1 N–H and O–H groups in total. The monoisotopic (exact) mass is 280 g/mol. The molecule has 5 heteroatoms. The molecule has 0 amide bonds. The largest absolute Gasteiger partial charge is 0.497 e. The summed E-state index contributed by atoms with van der Waals surface area (Å²) in [6.07, 6.45) is 0. The van der Waals surface area contributed by atoms with Gasteiger partial charge in [0.2, 0.25) is 0 Å². The minimum Gasteiger partial charge on any atom is -0.497 e. The molecule has 0 saturated heterocycles. The van der Waals surface area contributed by atoms with E-state index in [1.807, 2.05) is 19.2 Å². The molecule has 0 aliphatic rings. The average molecular weight is 280 g/mol. The topological polar surface area (TPSA) is 34.1 Å². The van der Waals surface area contributed by atoms with Gasteiger partial charge in [-0.2, -0.15) is 0 Å². The Balaban J connectivity index is 1.98. The van der Waals surface area contributed by atoms with Crippen molar-refractivity contribution in [3.05, 3.63) is 45.7 Å². The Labute approximate surface area is 116 Å². The average Bonchev–Trinajstić information content (AvgIpc) is 2.83. The quantitative estimate of drug-likeness (QED) is 0.911. The van der Waals surface area contributed by atoms with Crippen LogP contribution in [-0.2, 0) is 6.54 Å². The number of hydrogen-bond donors (Lipinski definition) is 1. The molecule has 0 spiro atoms. The SMILES string of the molecule is COc1ccc(CNC(C)c2nc(C)cs2)c(F)c1. The van der Waals surface area contributed by atoms with Crippen LogP contribution in [0.5, 0.6) is 5.75 Å². The van der Waals surface area contributed by atoms with Gasteiger partial charge in [0.05, 0.1) is 13.2 Å². The van der Waals surface area contributed by atoms with Crippen LogP contribution < -0.4 is 10.1 Å². The van der Waals surface area contributed by atoms with Crippen molar-refractivity contribution in [2.75, 3.05) is 7.11 Å². The first-order valence-electron chi connectivity index (χ1n) is 6.08. The molecule has 19 heavy (non-hydrogen) atoms. The van der Waals surface area contributed by atoms with Crippen molar-refractivity contribution in [1.29, 1.82) is 0 Å². The van der Waals surface area contributed by atoms with E-state index in [0.717, 1.165) is 10.7 Å². The fourth-order valence-electron chi connectivity index (χ4n) is 1.72. The number of benzene rings is 1. The van der Waals surface area contributed by atoms with Crippen LogP contribution in [0.15, 0.2) is 23.6 Å². The Bertz CT molecular complexity index is 556. The van der Waals surface area contributed by atoms with Crippen LogP contribution >= 0.6 is 11.3 Å². The summed E-state index contributed by atoms with van der Waals surface area (Å²) in [5.74, 6) is 0.277. The van der Waals surface area contributed by atoms with E-state index < -0.39 is 0 Å². The second-order valence-corrected chi connectivity index (χ2v) is 5.28. The number of halogens is 1. The van der Waals surface area contributed by atoms with Crippen LogP contribution in [0.1, 0.15) is 29.2 Å². The van der Waals surface area contributed by atoms with Crippen molar-refractivity contribution in [2.24, 2.45) is 0 Å². The van der Waals surface area contributed by atoms with Crippen molar-refractivity contribution >= 4 is 11.3 Å². The van der Waals surface area contributed by atoms with E-state index in [1.165, 1.54) is 13.2 Å². The molecule has 0 bridgehead atoms. The van der Waals surface area contributed by atoms with Crippen molar-refractivity contribution in [2.45, 2.75) is 26.4 Å². The lowest BCUT2D eigenvalue weighted by Gasteiger charge is -2.12. The van der Waals surface area contributed by atoms with Gasteiger partial charge in [0.1, 0.15) is 16.6 Å². The predicted octanol–water partition coefficient (Wildman–Crippen LogP) is 3.45. The van der Waals surface area contributed by atoms with E-state index in [-0.39, 0.29) is 11.9 Å². The first-order chi connectivity index (χ1) is 9.10. The summed E-state index contributed by atoms with van der Waals surface area (Å²) in [5, 5.41) is 6.31.